The van der Waals surface area contributed by atoms with E-state index < -0.39 is 5.23 Å². The smallest absolute Gasteiger partial charge is 0.209 e. The number of quaternary nitrogens is 1. The minimum absolute atomic E-state index is 0.0834. The van der Waals surface area contributed by atoms with Crippen LogP contribution in [0.4, 0.5) is 5.69 Å². The second-order valence-electron chi connectivity index (χ2n) is 3.21. The van der Waals surface area contributed by atoms with E-state index in [1.165, 1.54) is 20.3 Å². The molecule has 0 saturated carbocycles. The molecule has 1 atom stereocenters. The van der Waals surface area contributed by atoms with Crippen molar-refractivity contribution in [3.05, 3.63) is 22.9 Å². The minimum atomic E-state index is -1.05. The summed E-state index contributed by atoms with van der Waals surface area (Å²) in [6, 6.07) is 3.10. The Labute approximate surface area is 93.7 Å². The lowest BCUT2D eigenvalue weighted by Gasteiger charge is -2.17. The standard InChI is InChI=1S/C10H16N2O4/c1-15-9-6-8(12(13)14)10(16-2)5-7(9)3-4-11/h5-6,12-13H,3-4,11H2,1-2H3. The van der Waals surface area contributed by atoms with E-state index in [2.05, 4.69) is 0 Å². The van der Waals surface area contributed by atoms with Gasteiger partial charge in [0, 0.05) is 6.07 Å². The van der Waals surface area contributed by atoms with Crippen molar-refractivity contribution in [2.24, 2.45) is 5.73 Å². The Hall–Kier alpha value is -1.34. The van der Waals surface area contributed by atoms with Crippen LogP contribution in [0.5, 0.6) is 11.5 Å². The zero-order valence-corrected chi connectivity index (χ0v) is 9.32. The van der Waals surface area contributed by atoms with Crippen molar-refractivity contribution in [3.8, 4) is 11.5 Å². The third kappa shape index (κ3) is 2.61. The van der Waals surface area contributed by atoms with Crippen LogP contribution in [-0.2, 0) is 6.42 Å². The lowest BCUT2D eigenvalue weighted by molar-refractivity contribution is -0.991. The molecule has 6 heteroatoms. The van der Waals surface area contributed by atoms with Crippen molar-refractivity contribution in [2.45, 2.75) is 6.42 Å². The van der Waals surface area contributed by atoms with Gasteiger partial charge in [-0.15, -0.1) is 0 Å². The maximum Gasteiger partial charge on any atom is 0.209 e. The molecule has 0 heterocycles. The van der Waals surface area contributed by atoms with Crippen molar-refractivity contribution in [3.63, 3.8) is 0 Å². The van der Waals surface area contributed by atoms with Gasteiger partial charge in [0.15, 0.2) is 5.75 Å². The van der Waals surface area contributed by atoms with Crippen molar-refractivity contribution in [2.75, 3.05) is 20.8 Å². The summed E-state index contributed by atoms with van der Waals surface area (Å²) >= 11 is 0. The third-order valence-electron chi connectivity index (χ3n) is 2.25. The first-order chi connectivity index (χ1) is 7.63. The topological polar surface area (TPSA) is 92.2 Å². The average Bonchev–Trinajstić information content (AvgIpc) is 2.28. The second kappa shape index (κ2) is 5.66. The van der Waals surface area contributed by atoms with Gasteiger partial charge in [0.1, 0.15) is 5.75 Å². The van der Waals surface area contributed by atoms with E-state index in [4.69, 9.17) is 20.4 Å². The van der Waals surface area contributed by atoms with E-state index >= 15 is 0 Å². The molecule has 0 fully saturated rings. The minimum Gasteiger partial charge on any atom is -0.595 e. The molecule has 0 spiro atoms. The highest BCUT2D eigenvalue weighted by molar-refractivity contribution is 5.54. The van der Waals surface area contributed by atoms with Gasteiger partial charge in [0.05, 0.1) is 14.2 Å². The zero-order chi connectivity index (χ0) is 12.1. The van der Waals surface area contributed by atoms with Crippen LogP contribution < -0.4 is 20.4 Å². The number of ether oxygens (including phenoxy) is 2. The fourth-order valence-corrected chi connectivity index (χ4v) is 1.48. The Balaban J connectivity index is 3.22. The van der Waals surface area contributed by atoms with Crippen molar-refractivity contribution >= 4 is 5.69 Å². The summed E-state index contributed by atoms with van der Waals surface area (Å²) < 4.78 is 10.1. The molecule has 90 valence electrons. The van der Waals surface area contributed by atoms with Crippen LogP contribution in [0.25, 0.3) is 0 Å². The summed E-state index contributed by atoms with van der Waals surface area (Å²) in [5, 5.41) is 18.9. The van der Waals surface area contributed by atoms with Gasteiger partial charge in [-0.2, -0.15) is 5.23 Å². The molecule has 1 unspecified atom stereocenters. The van der Waals surface area contributed by atoms with E-state index in [0.717, 1.165) is 5.56 Å². The lowest BCUT2D eigenvalue weighted by atomic mass is 10.1. The van der Waals surface area contributed by atoms with Gasteiger partial charge in [-0.3, -0.25) is 0 Å². The molecular formula is C10H16N2O4. The number of nitrogens with two attached hydrogens (primary N) is 1. The second-order valence-corrected chi connectivity index (χ2v) is 3.21. The summed E-state index contributed by atoms with van der Waals surface area (Å²) in [6.07, 6.45) is 0.611. The molecule has 0 saturated heterocycles. The Morgan fingerprint density at radius 3 is 2.38 bits per heavy atom. The molecule has 1 aromatic rings. The van der Waals surface area contributed by atoms with Crippen molar-refractivity contribution < 1.29 is 19.9 Å². The highest BCUT2D eigenvalue weighted by Gasteiger charge is 2.15. The molecule has 0 aliphatic carbocycles. The van der Waals surface area contributed by atoms with Crippen LogP contribution in [0, 0.1) is 5.21 Å². The Morgan fingerprint density at radius 2 is 1.94 bits per heavy atom. The van der Waals surface area contributed by atoms with Gasteiger partial charge in [-0.1, -0.05) is 0 Å². The van der Waals surface area contributed by atoms with Gasteiger partial charge >= 0.3 is 0 Å². The van der Waals surface area contributed by atoms with E-state index in [0.29, 0.717) is 24.5 Å². The maximum atomic E-state index is 11.0. The highest BCUT2D eigenvalue weighted by atomic mass is 16.8. The zero-order valence-electron chi connectivity index (χ0n) is 9.32. The normalized spacial score (nSPS) is 12.3. The van der Waals surface area contributed by atoms with Crippen LogP contribution in [0.2, 0.25) is 0 Å². The number of benzene rings is 1. The molecule has 0 aromatic heterocycles. The van der Waals surface area contributed by atoms with Gasteiger partial charge in [-0.05, 0) is 24.6 Å². The van der Waals surface area contributed by atoms with E-state index in [1.807, 2.05) is 0 Å². The molecule has 0 radical (unpaired) electrons. The largest absolute Gasteiger partial charge is 0.595 e. The van der Waals surface area contributed by atoms with Gasteiger partial charge in [0.2, 0.25) is 5.69 Å². The fraction of sp³-hybridized carbons (Fsp3) is 0.400. The first-order valence-electron chi connectivity index (χ1n) is 4.82. The van der Waals surface area contributed by atoms with Crippen LogP contribution in [0.15, 0.2) is 12.1 Å². The van der Waals surface area contributed by atoms with Crippen LogP contribution >= 0.6 is 0 Å². The molecule has 16 heavy (non-hydrogen) atoms. The van der Waals surface area contributed by atoms with Crippen molar-refractivity contribution in [1.82, 2.24) is 0 Å². The van der Waals surface area contributed by atoms with E-state index in [1.54, 1.807) is 6.07 Å². The highest BCUT2D eigenvalue weighted by Crippen LogP contribution is 2.30. The quantitative estimate of drug-likeness (QED) is 0.597. The maximum absolute atomic E-state index is 11.0. The molecule has 4 N–H and O–H groups in total. The number of nitrogens with one attached hydrogen (secondary N) is 1. The first kappa shape index (κ1) is 12.7. The summed E-state index contributed by atoms with van der Waals surface area (Å²) in [6.45, 7) is 0.464. The van der Waals surface area contributed by atoms with Gasteiger partial charge in [-0.25, -0.2) is 5.21 Å². The lowest BCUT2D eigenvalue weighted by Crippen LogP contribution is -2.99. The predicted molar refractivity (Wildman–Crippen MR) is 58.1 cm³/mol. The Bertz CT molecular complexity index is 355. The Morgan fingerprint density at radius 1 is 1.31 bits per heavy atom. The third-order valence-corrected chi connectivity index (χ3v) is 2.25. The summed E-state index contributed by atoms with van der Waals surface area (Å²) in [7, 11) is 2.92. The molecule has 0 bridgehead atoms. The first-order valence-corrected chi connectivity index (χ1v) is 4.82. The number of hydrogen-bond acceptors (Lipinski definition) is 5. The summed E-state index contributed by atoms with van der Waals surface area (Å²) in [5.41, 5.74) is 6.38. The van der Waals surface area contributed by atoms with Crippen LogP contribution in [0.3, 0.4) is 0 Å². The number of rotatable bonds is 5. The molecule has 6 nitrogen and oxygen atoms in total. The molecular weight excluding hydrogens is 212 g/mol. The molecule has 1 aromatic carbocycles. The Kier molecular flexibility index (Phi) is 4.51. The number of hydrogen-bond donors (Lipinski definition) is 3. The fourth-order valence-electron chi connectivity index (χ4n) is 1.48. The average molecular weight is 228 g/mol. The summed E-state index contributed by atoms with van der Waals surface area (Å²) in [4.78, 5) is 0. The van der Waals surface area contributed by atoms with Gasteiger partial charge in [0.25, 0.3) is 0 Å². The molecule has 1 rings (SSSR count). The summed E-state index contributed by atoms with van der Waals surface area (Å²) in [5.74, 6) is 0.834. The number of methoxy groups -OCH3 is 2. The van der Waals surface area contributed by atoms with E-state index in [-0.39, 0.29) is 5.69 Å². The van der Waals surface area contributed by atoms with Gasteiger partial charge < -0.3 is 20.4 Å². The monoisotopic (exact) mass is 228 g/mol. The molecule has 0 amide bonds. The van der Waals surface area contributed by atoms with Crippen LogP contribution in [-0.4, -0.2) is 26.0 Å². The predicted octanol–water partition coefficient (Wildman–Crippen LogP) is -0.392. The van der Waals surface area contributed by atoms with Crippen LogP contribution in [0.1, 0.15) is 5.56 Å². The molecule has 0 aliphatic rings. The SMILES string of the molecule is COc1cc([NH+]([O-])O)c(OC)cc1CCN. The van der Waals surface area contributed by atoms with E-state index in [9.17, 15) is 5.21 Å². The molecule has 0 aliphatic heterocycles. The van der Waals surface area contributed by atoms with Crippen molar-refractivity contribution in [1.29, 1.82) is 0 Å².